The van der Waals surface area contributed by atoms with E-state index in [-0.39, 0.29) is 0 Å². The number of hydrogen-bond acceptors (Lipinski definition) is 3. The molecule has 17 heavy (non-hydrogen) atoms. The minimum Gasteiger partial charge on any atom is -0.374 e. The van der Waals surface area contributed by atoms with Crippen LogP contribution in [0.3, 0.4) is 0 Å². The Morgan fingerprint density at radius 3 is 2.71 bits per heavy atom. The molecule has 0 bridgehead atoms. The van der Waals surface area contributed by atoms with Gasteiger partial charge < -0.3 is 4.90 Å². The molecule has 0 unspecified atom stereocenters. The van der Waals surface area contributed by atoms with Crippen LogP contribution in [-0.2, 0) is 12.3 Å². The Balaban J connectivity index is 1.90. The second-order valence-corrected chi connectivity index (χ2v) is 5.08. The van der Waals surface area contributed by atoms with Gasteiger partial charge in [-0.15, -0.1) is 22.9 Å². The summed E-state index contributed by atoms with van der Waals surface area (Å²) in [7, 11) is 2.10. The lowest BCUT2D eigenvalue weighted by molar-refractivity contribution is 0.865. The molecule has 2 rings (SSSR count). The number of likely N-dealkylation sites (N-methyl/N-ethyl adjacent to an activating group) is 1. The van der Waals surface area contributed by atoms with E-state index in [1.807, 2.05) is 11.4 Å². The normalized spacial score (nSPS) is 10.5. The van der Waals surface area contributed by atoms with Crippen molar-refractivity contribution in [1.82, 2.24) is 4.98 Å². The Labute approximate surface area is 111 Å². The molecule has 1 aromatic heterocycles. The van der Waals surface area contributed by atoms with Crippen LogP contribution < -0.4 is 4.90 Å². The topological polar surface area (TPSA) is 16.1 Å². The number of nitrogens with zero attached hydrogens (tertiary/aromatic N) is 2. The summed E-state index contributed by atoms with van der Waals surface area (Å²) in [5, 5.41) is 3.19. The Bertz CT molecular complexity index is 455. The van der Waals surface area contributed by atoms with Crippen molar-refractivity contribution >= 4 is 28.6 Å². The smallest absolute Gasteiger partial charge is 0.0946 e. The molecular weight excluding hydrogens is 252 g/mol. The van der Waals surface area contributed by atoms with Crippen LogP contribution in [0, 0.1) is 0 Å². The molecule has 0 N–H and O–H groups in total. The van der Waals surface area contributed by atoms with Crippen molar-refractivity contribution in [2.24, 2.45) is 0 Å². The van der Waals surface area contributed by atoms with E-state index >= 15 is 0 Å². The fourth-order valence-corrected chi connectivity index (χ4v) is 2.62. The molecule has 1 heterocycles. The van der Waals surface area contributed by atoms with Crippen LogP contribution in [0.2, 0.25) is 0 Å². The zero-order valence-corrected chi connectivity index (χ0v) is 11.3. The van der Waals surface area contributed by atoms with Crippen molar-refractivity contribution in [3.8, 4) is 0 Å². The van der Waals surface area contributed by atoms with Gasteiger partial charge >= 0.3 is 0 Å². The van der Waals surface area contributed by atoms with Gasteiger partial charge in [0.15, 0.2) is 0 Å². The number of anilines is 1. The third-order valence-electron chi connectivity index (χ3n) is 2.59. The number of halogens is 1. The largest absolute Gasteiger partial charge is 0.374 e. The Morgan fingerprint density at radius 1 is 1.29 bits per heavy atom. The summed E-state index contributed by atoms with van der Waals surface area (Å²) in [5.74, 6) is 0.505. The average Bonchev–Trinajstić information content (AvgIpc) is 2.85. The van der Waals surface area contributed by atoms with Crippen LogP contribution >= 0.6 is 22.9 Å². The predicted octanol–water partition coefficient (Wildman–Crippen LogP) is 3.56. The SMILES string of the molecule is CN(CCc1nc(CCl)cs1)c1ccccc1. The highest BCUT2D eigenvalue weighted by Crippen LogP contribution is 2.15. The van der Waals surface area contributed by atoms with Crippen molar-refractivity contribution in [2.75, 3.05) is 18.5 Å². The molecule has 90 valence electrons. The van der Waals surface area contributed by atoms with Crippen LogP contribution in [0.1, 0.15) is 10.7 Å². The van der Waals surface area contributed by atoms with Gasteiger partial charge in [-0.1, -0.05) is 18.2 Å². The van der Waals surface area contributed by atoms with Gasteiger partial charge in [0.05, 0.1) is 16.6 Å². The molecule has 2 aromatic rings. The standard InChI is InChI=1S/C13H15ClN2S/c1-16(12-5-3-2-4-6-12)8-7-13-15-11(9-14)10-17-13/h2-6,10H,7-9H2,1H3. The van der Waals surface area contributed by atoms with Crippen molar-refractivity contribution in [2.45, 2.75) is 12.3 Å². The second kappa shape index (κ2) is 6.03. The number of para-hydroxylation sites is 1. The molecule has 0 aliphatic heterocycles. The first-order chi connectivity index (χ1) is 8.29. The first-order valence-electron chi connectivity index (χ1n) is 5.55. The maximum atomic E-state index is 5.73. The fourth-order valence-electron chi connectivity index (χ4n) is 1.60. The summed E-state index contributed by atoms with van der Waals surface area (Å²) >= 11 is 7.42. The number of hydrogen-bond donors (Lipinski definition) is 0. The van der Waals surface area contributed by atoms with Crippen LogP contribution in [0.4, 0.5) is 5.69 Å². The van der Waals surface area contributed by atoms with Crippen molar-refractivity contribution in [1.29, 1.82) is 0 Å². The molecule has 0 saturated heterocycles. The van der Waals surface area contributed by atoms with Gasteiger partial charge in [0, 0.05) is 31.1 Å². The summed E-state index contributed by atoms with van der Waals surface area (Å²) in [6.45, 7) is 0.971. The molecule has 2 nitrogen and oxygen atoms in total. The first-order valence-corrected chi connectivity index (χ1v) is 6.96. The molecule has 0 spiro atoms. The molecule has 0 aliphatic rings. The highest BCUT2D eigenvalue weighted by atomic mass is 35.5. The number of thiazole rings is 1. The van der Waals surface area contributed by atoms with E-state index in [1.165, 1.54) is 5.69 Å². The number of alkyl halides is 1. The van der Waals surface area contributed by atoms with Crippen LogP contribution in [0.25, 0.3) is 0 Å². The summed E-state index contributed by atoms with van der Waals surface area (Å²) in [5.41, 5.74) is 2.22. The molecule has 4 heteroatoms. The highest BCUT2D eigenvalue weighted by molar-refractivity contribution is 7.09. The Hall–Kier alpha value is -1.06. The molecule has 0 fully saturated rings. The third-order valence-corrected chi connectivity index (χ3v) is 3.83. The van der Waals surface area contributed by atoms with E-state index in [4.69, 9.17) is 11.6 Å². The molecule has 1 aromatic carbocycles. The summed E-state index contributed by atoms with van der Waals surface area (Å²) in [6.07, 6.45) is 0.965. The quantitative estimate of drug-likeness (QED) is 0.770. The molecule has 0 atom stereocenters. The zero-order valence-electron chi connectivity index (χ0n) is 9.77. The molecule has 0 aliphatic carbocycles. The maximum absolute atomic E-state index is 5.73. The van der Waals surface area contributed by atoms with Crippen LogP contribution in [0.5, 0.6) is 0 Å². The minimum atomic E-state index is 0.505. The van der Waals surface area contributed by atoms with Gasteiger partial charge in [-0.2, -0.15) is 0 Å². The molecule has 0 saturated carbocycles. The molecule has 0 radical (unpaired) electrons. The van der Waals surface area contributed by atoms with Gasteiger partial charge in [-0.3, -0.25) is 0 Å². The number of benzene rings is 1. The Morgan fingerprint density at radius 2 is 2.06 bits per heavy atom. The lowest BCUT2D eigenvalue weighted by Crippen LogP contribution is -2.20. The Kier molecular flexibility index (Phi) is 4.40. The molecular formula is C13H15ClN2S. The van der Waals surface area contributed by atoms with E-state index in [9.17, 15) is 0 Å². The van der Waals surface area contributed by atoms with Crippen LogP contribution in [-0.4, -0.2) is 18.6 Å². The van der Waals surface area contributed by atoms with E-state index in [0.29, 0.717) is 5.88 Å². The highest BCUT2D eigenvalue weighted by Gasteiger charge is 2.04. The first kappa shape index (κ1) is 12.4. The second-order valence-electron chi connectivity index (χ2n) is 3.87. The van der Waals surface area contributed by atoms with Gasteiger partial charge in [-0.05, 0) is 12.1 Å². The maximum Gasteiger partial charge on any atom is 0.0946 e. The lowest BCUT2D eigenvalue weighted by atomic mass is 10.3. The molecule has 0 amide bonds. The summed E-state index contributed by atoms with van der Waals surface area (Å²) < 4.78 is 0. The monoisotopic (exact) mass is 266 g/mol. The number of rotatable bonds is 5. The van der Waals surface area contributed by atoms with E-state index < -0.39 is 0 Å². The predicted molar refractivity (Wildman–Crippen MR) is 75.1 cm³/mol. The van der Waals surface area contributed by atoms with Crippen molar-refractivity contribution in [3.63, 3.8) is 0 Å². The third kappa shape index (κ3) is 3.45. The fraction of sp³-hybridized carbons (Fsp3) is 0.308. The van der Waals surface area contributed by atoms with E-state index in [2.05, 4.69) is 41.2 Å². The van der Waals surface area contributed by atoms with Gasteiger partial charge in [0.1, 0.15) is 0 Å². The zero-order chi connectivity index (χ0) is 12.1. The van der Waals surface area contributed by atoms with Crippen molar-refractivity contribution in [3.05, 3.63) is 46.4 Å². The van der Waals surface area contributed by atoms with Crippen LogP contribution in [0.15, 0.2) is 35.7 Å². The minimum absolute atomic E-state index is 0.505. The van der Waals surface area contributed by atoms with Crippen molar-refractivity contribution < 1.29 is 0 Å². The van der Waals surface area contributed by atoms with E-state index in [1.54, 1.807) is 11.3 Å². The van der Waals surface area contributed by atoms with Gasteiger partial charge in [-0.25, -0.2) is 4.98 Å². The average molecular weight is 267 g/mol. The van der Waals surface area contributed by atoms with Gasteiger partial charge in [0.25, 0.3) is 0 Å². The summed E-state index contributed by atoms with van der Waals surface area (Å²) in [6, 6.07) is 10.4. The van der Waals surface area contributed by atoms with Gasteiger partial charge in [0.2, 0.25) is 0 Å². The summed E-state index contributed by atoms with van der Waals surface area (Å²) in [4.78, 5) is 6.69. The lowest BCUT2D eigenvalue weighted by Gasteiger charge is -2.18. The number of aromatic nitrogens is 1. The van der Waals surface area contributed by atoms with E-state index in [0.717, 1.165) is 23.7 Å².